The van der Waals surface area contributed by atoms with Crippen LogP contribution in [-0.2, 0) is 4.74 Å². The van der Waals surface area contributed by atoms with Crippen LogP contribution in [0.3, 0.4) is 0 Å². The van der Waals surface area contributed by atoms with Crippen molar-refractivity contribution in [3.05, 3.63) is 52.4 Å². The highest BCUT2D eigenvalue weighted by Crippen LogP contribution is 2.25. The van der Waals surface area contributed by atoms with Gasteiger partial charge in [0.2, 0.25) is 0 Å². The number of pyridine rings is 1. The molecule has 1 aliphatic heterocycles. The molecule has 0 radical (unpaired) electrons. The van der Waals surface area contributed by atoms with E-state index in [2.05, 4.69) is 20.5 Å². The molecule has 2 heterocycles. The number of hydrogen-bond acceptors (Lipinski definition) is 6. The number of methoxy groups -OCH3 is 1. The van der Waals surface area contributed by atoms with Crippen molar-refractivity contribution < 1.29 is 9.53 Å². The summed E-state index contributed by atoms with van der Waals surface area (Å²) < 4.78 is 5.43. The van der Waals surface area contributed by atoms with E-state index in [9.17, 15) is 9.59 Å². The van der Waals surface area contributed by atoms with Crippen LogP contribution in [-0.4, -0.2) is 49.3 Å². The number of piperidine rings is 1. The molecule has 172 valence electrons. The molecule has 4 rings (SSSR count). The topological polar surface area (TPSA) is 112 Å². The number of aromatic amines is 1. The van der Waals surface area contributed by atoms with Crippen LogP contribution in [0.5, 0.6) is 0 Å². The molecule has 8 nitrogen and oxygen atoms in total. The Labute approximate surface area is 188 Å². The summed E-state index contributed by atoms with van der Waals surface area (Å²) >= 11 is 0. The number of hydrogen-bond donors (Lipinski definition) is 4. The molecule has 1 saturated carbocycles. The Bertz CT molecular complexity index is 966. The Kier molecular flexibility index (Phi) is 7.12. The second kappa shape index (κ2) is 10.2. The lowest BCUT2D eigenvalue weighted by molar-refractivity contribution is 0.0681. The quantitative estimate of drug-likeness (QED) is 0.551. The smallest absolute Gasteiger partial charge is 0.263 e. The van der Waals surface area contributed by atoms with Crippen molar-refractivity contribution >= 4 is 23.0 Å². The third-order valence-electron chi connectivity index (χ3n) is 6.50. The molecule has 1 saturated heterocycles. The predicted octanol–water partition coefficient (Wildman–Crippen LogP) is 2.92. The summed E-state index contributed by atoms with van der Waals surface area (Å²) in [7, 11) is 1.74. The standard InChI is InChI=1S/C24H33N5O3/c1-32-20-10-6-17(7-11-20)27-21-12-13-26-23(30)22(21)24(31)28-18-4-8-19(9-5-18)29-14-2-3-16(25)15-29/h4-5,8-9,12-13,16-17,20H,2-3,6-7,10-11,14-15,25H2,1H3,(H,28,31)(H2,26,27,30). The molecule has 1 amide bonds. The number of H-pyrrole nitrogens is 1. The number of benzene rings is 1. The second-order valence-electron chi connectivity index (χ2n) is 8.80. The van der Waals surface area contributed by atoms with E-state index >= 15 is 0 Å². The van der Waals surface area contributed by atoms with E-state index in [1.807, 2.05) is 24.3 Å². The van der Waals surface area contributed by atoms with Gasteiger partial charge in [-0.25, -0.2) is 0 Å². The highest BCUT2D eigenvalue weighted by Gasteiger charge is 2.24. The second-order valence-corrected chi connectivity index (χ2v) is 8.80. The Hall–Kier alpha value is -2.84. The van der Waals surface area contributed by atoms with E-state index in [4.69, 9.17) is 10.5 Å². The van der Waals surface area contributed by atoms with E-state index in [0.717, 1.165) is 57.3 Å². The highest BCUT2D eigenvalue weighted by molar-refractivity contribution is 6.07. The molecule has 1 aliphatic carbocycles. The molecule has 1 aromatic carbocycles. The number of anilines is 3. The largest absolute Gasteiger partial charge is 0.381 e. The fourth-order valence-electron chi connectivity index (χ4n) is 4.68. The van der Waals surface area contributed by atoms with Crippen molar-refractivity contribution in [1.82, 2.24) is 4.98 Å². The fourth-order valence-corrected chi connectivity index (χ4v) is 4.68. The molecular formula is C24H33N5O3. The molecule has 0 spiro atoms. The minimum absolute atomic E-state index is 0.104. The first kappa shape index (κ1) is 22.4. The lowest BCUT2D eigenvalue weighted by Gasteiger charge is -2.32. The maximum absolute atomic E-state index is 13.0. The van der Waals surface area contributed by atoms with Gasteiger partial charge >= 0.3 is 0 Å². The van der Waals surface area contributed by atoms with E-state index in [-0.39, 0.29) is 17.6 Å². The number of rotatable bonds is 6. The van der Waals surface area contributed by atoms with Crippen LogP contribution in [0.4, 0.5) is 17.1 Å². The van der Waals surface area contributed by atoms with Gasteiger partial charge in [0.25, 0.3) is 11.5 Å². The van der Waals surface area contributed by atoms with Crippen LogP contribution in [0.1, 0.15) is 48.9 Å². The van der Waals surface area contributed by atoms with Gasteiger partial charge in [-0.05, 0) is 68.9 Å². The number of aromatic nitrogens is 1. The summed E-state index contributed by atoms with van der Waals surface area (Å²) in [5.41, 5.74) is 8.08. The van der Waals surface area contributed by atoms with Crippen LogP contribution >= 0.6 is 0 Å². The molecule has 1 atom stereocenters. The maximum Gasteiger partial charge on any atom is 0.263 e. The van der Waals surface area contributed by atoms with Crippen LogP contribution in [0.2, 0.25) is 0 Å². The average Bonchev–Trinajstić information content (AvgIpc) is 2.80. The molecule has 8 heteroatoms. The van der Waals surface area contributed by atoms with Crippen molar-refractivity contribution in [3.63, 3.8) is 0 Å². The van der Waals surface area contributed by atoms with E-state index in [1.165, 1.54) is 0 Å². The number of ether oxygens (including phenoxy) is 1. The predicted molar refractivity (Wildman–Crippen MR) is 128 cm³/mol. The third kappa shape index (κ3) is 5.31. The zero-order valence-corrected chi connectivity index (χ0v) is 18.6. The van der Waals surface area contributed by atoms with E-state index < -0.39 is 11.5 Å². The zero-order chi connectivity index (χ0) is 22.5. The number of nitrogens with one attached hydrogen (secondary N) is 3. The first-order valence-corrected chi connectivity index (χ1v) is 11.5. The number of nitrogens with two attached hydrogens (primary N) is 1. The van der Waals surface area contributed by atoms with Gasteiger partial charge in [0.1, 0.15) is 5.56 Å². The molecule has 0 bridgehead atoms. The summed E-state index contributed by atoms with van der Waals surface area (Å²) in [6.07, 6.45) is 7.81. The Morgan fingerprint density at radius 2 is 1.88 bits per heavy atom. The normalized spacial score (nSPS) is 23.6. The molecule has 2 aliphatic rings. The summed E-state index contributed by atoms with van der Waals surface area (Å²) in [5.74, 6) is -0.423. The SMILES string of the molecule is COC1CCC(Nc2cc[nH]c(=O)c2C(=O)Nc2ccc(N3CCCC(N)C3)cc2)CC1. The Morgan fingerprint density at radius 3 is 2.56 bits per heavy atom. The average molecular weight is 440 g/mol. The van der Waals surface area contributed by atoms with Crippen LogP contribution in [0, 0.1) is 0 Å². The zero-order valence-electron chi connectivity index (χ0n) is 18.6. The molecule has 5 N–H and O–H groups in total. The number of carbonyl (C=O) groups excluding carboxylic acids is 1. The van der Waals surface area contributed by atoms with Crippen LogP contribution in [0.25, 0.3) is 0 Å². The van der Waals surface area contributed by atoms with Crippen molar-refractivity contribution in [2.24, 2.45) is 5.73 Å². The molecule has 1 unspecified atom stereocenters. The van der Waals surface area contributed by atoms with Gasteiger partial charge in [0.15, 0.2) is 0 Å². The summed E-state index contributed by atoms with van der Waals surface area (Å²) in [6.45, 7) is 1.83. The minimum atomic E-state index is -0.423. The number of nitrogens with zero attached hydrogens (tertiary/aromatic N) is 1. The fraction of sp³-hybridized carbons (Fsp3) is 0.500. The monoisotopic (exact) mass is 439 g/mol. The number of amides is 1. The minimum Gasteiger partial charge on any atom is -0.381 e. The summed E-state index contributed by atoms with van der Waals surface area (Å²) in [4.78, 5) is 30.4. The summed E-state index contributed by atoms with van der Waals surface area (Å²) in [6, 6.07) is 9.86. The Balaban J connectivity index is 1.43. The maximum atomic E-state index is 13.0. The first-order valence-electron chi connectivity index (χ1n) is 11.5. The van der Waals surface area contributed by atoms with Crippen molar-refractivity contribution in [3.8, 4) is 0 Å². The van der Waals surface area contributed by atoms with Gasteiger partial charge < -0.3 is 31.0 Å². The molecule has 1 aromatic heterocycles. The molecule has 32 heavy (non-hydrogen) atoms. The van der Waals surface area contributed by atoms with Crippen molar-refractivity contribution in [2.45, 2.75) is 56.7 Å². The van der Waals surface area contributed by atoms with Gasteiger partial charge in [0, 0.05) is 49.9 Å². The third-order valence-corrected chi connectivity index (χ3v) is 6.50. The lowest BCUT2D eigenvalue weighted by Crippen LogP contribution is -2.42. The first-order chi connectivity index (χ1) is 15.5. The van der Waals surface area contributed by atoms with Gasteiger partial charge in [-0.1, -0.05) is 0 Å². The number of carbonyl (C=O) groups is 1. The van der Waals surface area contributed by atoms with Gasteiger partial charge in [-0.2, -0.15) is 0 Å². The lowest BCUT2D eigenvalue weighted by atomic mass is 9.92. The highest BCUT2D eigenvalue weighted by atomic mass is 16.5. The van der Waals surface area contributed by atoms with Crippen molar-refractivity contribution in [1.29, 1.82) is 0 Å². The van der Waals surface area contributed by atoms with Crippen LogP contribution in [0.15, 0.2) is 41.3 Å². The van der Waals surface area contributed by atoms with E-state index in [0.29, 0.717) is 17.5 Å². The van der Waals surface area contributed by atoms with Gasteiger partial charge in [-0.3, -0.25) is 9.59 Å². The molecule has 2 aromatic rings. The molecular weight excluding hydrogens is 406 g/mol. The van der Waals surface area contributed by atoms with Gasteiger partial charge in [0.05, 0.1) is 11.8 Å². The van der Waals surface area contributed by atoms with E-state index in [1.54, 1.807) is 19.4 Å². The Morgan fingerprint density at radius 1 is 1.12 bits per heavy atom. The van der Waals surface area contributed by atoms with Gasteiger partial charge in [-0.15, -0.1) is 0 Å². The molecule has 2 fully saturated rings. The summed E-state index contributed by atoms with van der Waals surface area (Å²) in [5, 5.41) is 6.27. The van der Waals surface area contributed by atoms with Crippen molar-refractivity contribution in [2.75, 3.05) is 35.7 Å². The van der Waals surface area contributed by atoms with Crippen LogP contribution < -0.4 is 26.8 Å².